The summed E-state index contributed by atoms with van der Waals surface area (Å²) in [5.74, 6) is 0.551. The largest absolute Gasteiger partial charge is 0.456 e. The van der Waals surface area contributed by atoms with Crippen LogP contribution in [0.25, 0.3) is 94.7 Å². The third kappa shape index (κ3) is 4.67. The van der Waals surface area contributed by atoms with Crippen LogP contribution in [-0.4, -0.2) is 19.5 Å². The van der Waals surface area contributed by atoms with Crippen LogP contribution in [0.1, 0.15) is 17.8 Å². The number of furan rings is 1. The molecule has 0 aliphatic carbocycles. The lowest BCUT2D eigenvalue weighted by molar-refractivity contribution is 0.669. The fourth-order valence-corrected chi connectivity index (χ4v) is 6.30. The zero-order valence-corrected chi connectivity index (χ0v) is 25.9. The van der Waals surface area contributed by atoms with E-state index in [9.17, 15) is 0 Å². The summed E-state index contributed by atoms with van der Waals surface area (Å²) in [7, 11) is 0. The Bertz CT molecular complexity index is 3520. The van der Waals surface area contributed by atoms with Crippen LogP contribution in [-0.2, 0) is 0 Å². The molecular formula is C45H28N4O. The Balaban J connectivity index is 1.33. The molecule has 10 rings (SSSR count). The van der Waals surface area contributed by atoms with Crippen molar-refractivity contribution in [2.24, 2.45) is 0 Å². The van der Waals surface area contributed by atoms with E-state index in [1.54, 1.807) is 6.07 Å². The number of nitrogens with zero attached hydrogens (tertiary/aromatic N) is 4. The minimum atomic E-state index is -0.621. The maximum atomic E-state index is 9.12. The first-order valence-corrected chi connectivity index (χ1v) is 15.6. The van der Waals surface area contributed by atoms with Gasteiger partial charge in [0.25, 0.3) is 0 Å². The molecule has 0 saturated carbocycles. The molecule has 0 radical (unpaired) electrons. The Morgan fingerprint density at radius 1 is 0.420 bits per heavy atom. The number of hydrogen-bond donors (Lipinski definition) is 0. The molecule has 234 valence electrons. The van der Waals surface area contributed by atoms with Crippen LogP contribution in [0.3, 0.4) is 0 Å². The summed E-state index contributed by atoms with van der Waals surface area (Å²) in [6.45, 7) is 0. The molecule has 0 bridgehead atoms. The fourth-order valence-electron chi connectivity index (χ4n) is 6.30. The Morgan fingerprint density at radius 2 is 1.02 bits per heavy atom. The summed E-state index contributed by atoms with van der Waals surface area (Å²) in [5.41, 5.74) is 2.24. The maximum absolute atomic E-state index is 9.12. The van der Waals surface area contributed by atoms with Crippen LogP contribution in [0.5, 0.6) is 0 Å². The highest BCUT2D eigenvalue weighted by Crippen LogP contribution is 2.37. The van der Waals surface area contributed by atoms with Gasteiger partial charge in [0.1, 0.15) is 11.2 Å². The summed E-state index contributed by atoms with van der Waals surface area (Å²) in [6.07, 6.45) is 0. The van der Waals surface area contributed by atoms with E-state index in [1.165, 1.54) is 16.7 Å². The van der Waals surface area contributed by atoms with Crippen molar-refractivity contribution in [3.8, 4) is 51.0 Å². The molecule has 0 aliphatic heterocycles. The van der Waals surface area contributed by atoms with Crippen LogP contribution in [0.15, 0.2) is 174 Å². The van der Waals surface area contributed by atoms with Crippen molar-refractivity contribution in [1.82, 2.24) is 19.5 Å². The summed E-state index contributed by atoms with van der Waals surface area (Å²) >= 11 is 0. The molecule has 0 unspecified atom stereocenters. The lowest BCUT2D eigenvalue weighted by atomic mass is 10.0. The van der Waals surface area contributed by atoms with E-state index < -0.39 is 78.6 Å². The second-order valence-electron chi connectivity index (χ2n) is 11.5. The Hall–Kier alpha value is -6.85. The van der Waals surface area contributed by atoms with E-state index in [1.807, 2.05) is 72.8 Å². The van der Waals surface area contributed by atoms with Crippen LogP contribution < -0.4 is 0 Å². The molecule has 0 atom stereocenters. The summed E-state index contributed by atoms with van der Waals surface area (Å²) in [5, 5.41) is 1.49. The second kappa shape index (κ2) is 11.4. The van der Waals surface area contributed by atoms with Crippen molar-refractivity contribution < 1.29 is 22.2 Å². The molecule has 0 saturated heterocycles. The zero-order valence-electron chi connectivity index (χ0n) is 38.9. The molecule has 50 heavy (non-hydrogen) atoms. The topological polar surface area (TPSA) is 56.7 Å². The first-order valence-electron chi connectivity index (χ1n) is 22.1. The normalized spacial score (nSPS) is 15.2. The summed E-state index contributed by atoms with van der Waals surface area (Å²) in [6, 6.07) is 19.4. The van der Waals surface area contributed by atoms with Gasteiger partial charge in [0.05, 0.1) is 28.9 Å². The third-order valence-electron chi connectivity index (χ3n) is 8.56. The highest BCUT2D eigenvalue weighted by Gasteiger charge is 2.18. The van der Waals surface area contributed by atoms with Gasteiger partial charge in [0.15, 0.2) is 17.5 Å². The van der Waals surface area contributed by atoms with E-state index in [0.717, 1.165) is 10.8 Å². The zero-order chi connectivity index (χ0) is 44.3. The van der Waals surface area contributed by atoms with E-state index in [4.69, 9.17) is 37.2 Å². The van der Waals surface area contributed by atoms with Gasteiger partial charge in [-0.2, -0.15) is 0 Å². The van der Waals surface area contributed by atoms with Crippen molar-refractivity contribution in [3.63, 3.8) is 0 Å². The average molecular weight is 654 g/mol. The molecule has 5 heteroatoms. The van der Waals surface area contributed by atoms with Crippen molar-refractivity contribution in [3.05, 3.63) is 170 Å². The minimum absolute atomic E-state index is 0.0521. The lowest BCUT2D eigenvalue weighted by Gasteiger charge is -2.14. The van der Waals surface area contributed by atoms with Gasteiger partial charge < -0.3 is 8.98 Å². The van der Waals surface area contributed by atoms with E-state index in [0.29, 0.717) is 22.3 Å². The number of aromatic nitrogens is 4. The van der Waals surface area contributed by atoms with Gasteiger partial charge in [-0.15, -0.1) is 0 Å². The maximum Gasteiger partial charge on any atom is 0.164 e. The fraction of sp³-hybridized carbons (Fsp3) is 0. The molecule has 7 aromatic carbocycles. The van der Waals surface area contributed by atoms with Crippen molar-refractivity contribution in [2.45, 2.75) is 0 Å². The Morgan fingerprint density at radius 3 is 1.78 bits per heavy atom. The van der Waals surface area contributed by atoms with Gasteiger partial charge in [-0.25, -0.2) is 15.0 Å². The first-order chi connectivity index (χ1) is 30.2. The van der Waals surface area contributed by atoms with E-state index >= 15 is 0 Å². The number of rotatable bonds is 5. The summed E-state index contributed by atoms with van der Waals surface area (Å²) < 4.78 is 121. The quantitative estimate of drug-likeness (QED) is 0.185. The Kier molecular flexibility index (Phi) is 4.12. The molecule has 0 amide bonds. The molecule has 5 nitrogen and oxygen atoms in total. The van der Waals surface area contributed by atoms with Crippen molar-refractivity contribution in [1.29, 1.82) is 0 Å². The first kappa shape index (κ1) is 18.1. The highest BCUT2D eigenvalue weighted by atomic mass is 16.3. The van der Waals surface area contributed by atoms with Gasteiger partial charge in [-0.3, -0.25) is 0 Å². The standard InChI is InChI=1S/C45H28N4O/c1-3-13-29(14-4-1)32-25-33(27-34(26-32)49-39-20-10-7-17-35(39)36-18-8-11-21-40(36)49)45-47-43(30-15-5-2-6-16-30)46-44(48-45)31-23-24-38-37-19-9-12-22-41(37)50-42(38)28-31/h1-28H/i1D,3D,4D,7D,8D,10D,11D,13D,14D,17D,18D,20D,21D. The third-order valence-corrected chi connectivity index (χ3v) is 8.56. The van der Waals surface area contributed by atoms with Crippen molar-refractivity contribution in [2.75, 3.05) is 0 Å². The van der Waals surface area contributed by atoms with Crippen LogP contribution in [0.2, 0.25) is 0 Å². The van der Waals surface area contributed by atoms with Gasteiger partial charge >= 0.3 is 0 Å². The molecule has 0 aliphatic rings. The van der Waals surface area contributed by atoms with Crippen LogP contribution in [0, 0.1) is 0 Å². The van der Waals surface area contributed by atoms with Gasteiger partial charge in [0, 0.05) is 43.9 Å². The SMILES string of the molecule is [2H]c1c([2H])c([2H])c(-c2cc(-c3nc(-c4ccccc4)nc(-c4ccc5c(c4)oc4ccccc45)n3)cc(-n3c4c([2H])c([2H])c([2H])c([2H])c4c4c([2H])c([2H])c([2H])c([2H])c43)c2)c([2H])c1[2H]. The number of hydrogen-bond acceptors (Lipinski definition) is 4. The number of benzene rings is 7. The molecule has 3 aromatic heterocycles. The molecule has 10 aromatic rings. The van der Waals surface area contributed by atoms with Gasteiger partial charge in [0.2, 0.25) is 0 Å². The number of para-hydroxylation sites is 3. The molecule has 0 fully saturated rings. The molecule has 3 heterocycles. The highest BCUT2D eigenvalue weighted by molar-refractivity contribution is 6.09. The lowest BCUT2D eigenvalue weighted by Crippen LogP contribution is -2.01. The minimum Gasteiger partial charge on any atom is -0.456 e. The number of fused-ring (bicyclic) bond motifs is 6. The molecular weight excluding hydrogens is 613 g/mol. The van der Waals surface area contributed by atoms with E-state index in [-0.39, 0.29) is 61.7 Å². The molecule has 0 N–H and O–H groups in total. The summed E-state index contributed by atoms with van der Waals surface area (Å²) in [4.78, 5) is 14.7. The van der Waals surface area contributed by atoms with Gasteiger partial charge in [-0.1, -0.05) is 121 Å². The average Bonchev–Trinajstić information content (AvgIpc) is 3.87. The second-order valence-corrected chi connectivity index (χ2v) is 11.5. The predicted molar refractivity (Wildman–Crippen MR) is 203 cm³/mol. The van der Waals surface area contributed by atoms with Crippen LogP contribution >= 0.6 is 0 Å². The monoisotopic (exact) mass is 653 g/mol. The smallest absolute Gasteiger partial charge is 0.164 e. The van der Waals surface area contributed by atoms with Crippen molar-refractivity contribution >= 4 is 43.7 Å². The van der Waals surface area contributed by atoms with E-state index in [2.05, 4.69) is 0 Å². The van der Waals surface area contributed by atoms with Gasteiger partial charge in [-0.05, 0) is 59.6 Å². The molecule has 0 spiro atoms. The van der Waals surface area contributed by atoms with Crippen LogP contribution in [0.4, 0.5) is 0 Å². The Labute approximate surface area is 306 Å². The predicted octanol–water partition coefficient (Wildman–Crippen LogP) is 11.5.